The molecule has 0 bridgehead atoms. The first-order chi connectivity index (χ1) is 14.8. The van der Waals surface area contributed by atoms with Gasteiger partial charge in [0.05, 0.1) is 19.3 Å². The van der Waals surface area contributed by atoms with Gasteiger partial charge >= 0.3 is 0 Å². The van der Waals surface area contributed by atoms with E-state index < -0.39 is 0 Å². The molecule has 0 N–H and O–H groups in total. The molecule has 0 aliphatic rings. The molecular formula is C26H31NO4. The summed E-state index contributed by atoms with van der Waals surface area (Å²) in [5.74, 6) is 1.94. The van der Waals surface area contributed by atoms with Gasteiger partial charge in [-0.2, -0.15) is 0 Å². The monoisotopic (exact) mass is 421 g/mol. The van der Waals surface area contributed by atoms with Crippen molar-refractivity contribution in [2.45, 2.75) is 46.3 Å². The molecule has 0 amide bonds. The molecule has 0 aliphatic carbocycles. The molecule has 31 heavy (non-hydrogen) atoms. The van der Waals surface area contributed by atoms with Crippen LogP contribution in [0.2, 0.25) is 0 Å². The van der Waals surface area contributed by atoms with Crippen molar-refractivity contribution in [3.63, 3.8) is 0 Å². The maximum atomic E-state index is 12.4. The SMILES string of the molecule is COc1ccc(OCCn2ccc(=O)c(OCc3ccc(C(C)(C)C)cc3)c2C)cc1. The molecule has 0 saturated carbocycles. The Kier molecular flexibility index (Phi) is 7.06. The van der Waals surface area contributed by atoms with Gasteiger partial charge in [0.15, 0.2) is 5.75 Å². The molecule has 0 fully saturated rings. The standard InChI is InChI=1S/C26H31NO4/c1-19-25(31-18-20-6-8-21(9-7-20)26(2,3)4)24(28)14-15-27(19)16-17-30-23-12-10-22(29-5)11-13-23/h6-15H,16-18H2,1-5H3. The maximum Gasteiger partial charge on any atom is 0.223 e. The minimum Gasteiger partial charge on any atom is -0.497 e. The molecule has 0 saturated heterocycles. The quantitative estimate of drug-likeness (QED) is 0.506. The van der Waals surface area contributed by atoms with Crippen molar-refractivity contribution in [2.75, 3.05) is 13.7 Å². The van der Waals surface area contributed by atoms with Gasteiger partial charge in [0.1, 0.15) is 24.7 Å². The molecule has 3 rings (SSSR count). The summed E-state index contributed by atoms with van der Waals surface area (Å²) in [5, 5.41) is 0. The van der Waals surface area contributed by atoms with E-state index in [9.17, 15) is 4.79 Å². The van der Waals surface area contributed by atoms with Crippen LogP contribution in [0.4, 0.5) is 0 Å². The normalized spacial score (nSPS) is 11.3. The third-order valence-corrected chi connectivity index (χ3v) is 5.25. The van der Waals surface area contributed by atoms with Gasteiger partial charge in [0.2, 0.25) is 5.43 Å². The molecule has 1 aromatic heterocycles. The average Bonchev–Trinajstić information content (AvgIpc) is 2.75. The van der Waals surface area contributed by atoms with Crippen LogP contribution in [0.25, 0.3) is 0 Å². The molecule has 5 nitrogen and oxygen atoms in total. The fraction of sp³-hybridized carbons (Fsp3) is 0.346. The van der Waals surface area contributed by atoms with Crippen molar-refractivity contribution in [3.05, 3.63) is 87.8 Å². The van der Waals surface area contributed by atoms with E-state index in [1.54, 1.807) is 19.4 Å². The lowest BCUT2D eigenvalue weighted by Crippen LogP contribution is -2.17. The molecule has 0 unspecified atom stereocenters. The summed E-state index contributed by atoms with van der Waals surface area (Å²) in [6, 6.07) is 17.3. The molecule has 1 heterocycles. The highest BCUT2D eigenvalue weighted by molar-refractivity contribution is 5.32. The predicted octanol–water partition coefficient (Wildman–Crippen LogP) is 5.12. The Morgan fingerprint density at radius 1 is 0.871 bits per heavy atom. The largest absolute Gasteiger partial charge is 0.497 e. The highest BCUT2D eigenvalue weighted by atomic mass is 16.5. The molecule has 0 spiro atoms. The van der Waals surface area contributed by atoms with Crippen molar-refractivity contribution in [1.82, 2.24) is 4.57 Å². The molecule has 0 aliphatic heterocycles. The second-order valence-electron chi connectivity index (χ2n) is 8.55. The average molecular weight is 422 g/mol. The smallest absolute Gasteiger partial charge is 0.223 e. The zero-order chi connectivity index (χ0) is 22.4. The topological polar surface area (TPSA) is 49.7 Å². The van der Waals surface area contributed by atoms with Crippen LogP contribution in [0, 0.1) is 6.92 Å². The first-order valence-corrected chi connectivity index (χ1v) is 10.5. The summed E-state index contributed by atoms with van der Waals surface area (Å²) in [6.07, 6.45) is 1.78. The number of pyridine rings is 1. The number of hydrogen-bond acceptors (Lipinski definition) is 4. The van der Waals surface area contributed by atoms with E-state index >= 15 is 0 Å². The van der Waals surface area contributed by atoms with Crippen LogP contribution in [0.5, 0.6) is 17.2 Å². The van der Waals surface area contributed by atoms with Crippen LogP contribution >= 0.6 is 0 Å². The van der Waals surface area contributed by atoms with E-state index in [0.29, 0.717) is 25.5 Å². The summed E-state index contributed by atoms with van der Waals surface area (Å²) < 4.78 is 18.9. The van der Waals surface area contributed by atoms with Crippen molar-refractivity contribution in [3.8, 4) is 17.2 Å². The fourth-order valence-electron chi connectivity index (χ4n) is 3.26. The third-order valence-electron chi connectivity index (χ3n) is 5.25. The number of rotatable bonds is 8. The van der Waals surface area contributed by atoms with Gasteiger partial charge in [-0.25, -0.2) is 0 Å². The number of methoxy groups -OCH3 is 1. The zero-order valence-corrected chi connectivity index (χ0v) is 19.0. The van der Waals surface area contributed by atoms with Crippen LogP contribution in [-0.4, -0.2) is 18.3 Å². The van der Waals surface area contributed by atoms with E-state index in [0.717, 1.165) is 22.8 Å². The van der Waals surface area contributed by atoms with Crippen molar-refractivity contribution < 1.29 is 14.2 Å². The molecular weight excluding hydrogens is 390 g/mol. The van der Waals surface area contributed by atoms with Crippen LogP contribution in [0.3, 0.4) is 0 Å². The van der Waals surface area contributed by atoms with Crippen molar-refractivity contribution in [1.29, 1.82) is 0 Å². The van der Waals surface area contributed by atoms with E-state index in [1.165, 1.54) is 5.56 Å². The predicted molar refractivity (Wildman–Crippen MR) is 123 cm³/mol. The fourth-order valence-corrected chi connectivity index (χ4v) is 3.26. The van der Waals surface area contributed by atoms with Crippen molar-refractivity contribution in [2.24, 2.45) is 0 Å². The van der Waals surface area contributed by atoms with Crippen LogP contribution in [-0.2, 0) is 18.6 Å². The summed E-state index contributed by atoms with van der Waals surface area (Å²) in [4.78, 5) is 12.4. The minimum atomic E-state index is -0.115. The lowest BCUT2D eigenvalue weighted by molar-refractivity contribution is 0.283. The highest BCUT2D eigenvalue weighted by Crippen LogP contribution is 2.23. The van der Waals surface area contributed by atoms with Crippen LogP contribution < -0.4 is 19.6 Å². The molecule has 164 valence electrons. The van der Waals surface area contributed by atoms with Gasteiger partial charge in [-0.1, -0.05) is 45.0 Å². The Morgan fingerprint density at radius 3 is 2.13 bits per heavy atom. The molecule has 0 atom stereocenters. The second kappa shape index (κ2) is 9.73. The summed E-state index contributed by atoms with van der Waals surface area (Å²) in [7, 11) is 1.63. The minimum absolute atomic E-state index is 0.108. The molecule has 2 aromatic carbocycles. The number of benzene rings is 2. The number of ether oxygens (including phenoxy) is 3. The number of aromatic nitrogens is 1. The van der Waals surface area contributed by atoms with Gasteiger partial charge in [-0.3, -0.25) is 4.79 Å². The Labute approximate surface area is 184 Å². The Hall–Kier alpha value is -3.21. The molecule has 5 heteroatoms. The Balaban J connectivity index is 1.62. The lowest BCUT2D eigenvalue weighted by atomic mass is 9.87. The van der Waals surface area contributed by atoms with E-state index in [1.807, 2.05) is 35.8 Å². The lowest BCUT2D eigenvalue weighted by Gasteiger charge is -2.19. The Bertz CT molecular complexity index is 1040. The van der Waals surface area contributed by atoms with E-state index in [4.69, 9.17) is 14.2 Å². The maximum absolute atomic E-state index is 12.4. The Morgan fingerprint density at radius 2 is 1.52 bits per heavy atom. The van der Waals surface area contributed by atoms with Gasteiger partial charge in [0, 0.05) is 12.3 Å². The van der Waals surface area contributed by atoms with Gasteiger partial charge in [-0.05, 0) is 47.7 Å². The first kappa shape index (κ1) is 22.5. The summed E-state index contributed by atoms with van der Waals surface area (Å²) >= 11 is 0. The van der Waals surface area contributed by atoms with Crippen LogP contribution in [0.1, 0.15) is 37.6 Å². The first-order valence-electron chi connectivity index (χ1n) is 10.5. The second-order valence-corrected chi connectivity index (χ2v) is 8.55. The van der Waals surface area contributed by atoms with Gasteiger partial charge in [-0.15, -0.1) is 0 Å². The summed E-state index contributed by atoms with van der Waals surface area (Å²) in [6.45, 7) is 9.89. The van der Waals surface area contributed by atoms with E-state index in [2.05, 4.69) is 45.0 Å². The van der Waals surface area contributed by atoms with Crippen LogP contribution in [0.15, 0.2) is 65.6 Å². The van der Waals surface area contributed by atoms with Crippen molar-refractivity contribution >= 4 is 0 Å². The molecule has 0 radical (unpaired) electrons. The van der Waals surface area contributed by atoms with Gasteiger partial charge in [0.25, 0.3) is 0 Å². The van der Waals surface area contributed by atoms with Gasteiger partial charge < -0.3 is 18.8 Å². The third kappa shape index (κ3) is 5.91. The zero-order valence-electron chi connectivity index (χ0n) is 19.0. The highest BCUT2D eigenvalue weighted by Gasteiger charge is 2.13. The van der Waals surface area contributed by atoms with E-state index in [-0.39, 0.29) is 10.8 Å². The number of nitrogens with zero attached hydrogens (tertiary/aromatic N) is 1. The number of hydrogen-bond donors (Lipinski definition) is 0. The molecule has 3 aromatic rings. The summed E-state index contributed by atoms with van der Waals surface area (Å²) in [5.41, 5.74) is 3.08.